The summed E-state index contributed by atoms with van der Waals surface area (Å²) >= 11 is 3.40. The average Bonchev–Trinajstić information content (AvgIpc) is 3.26. The van der Waals surface area contributed by atoms with Crippen molar-refractivity contribution in [2.45, 2.75) is 18.6 Å². The first-order valence-corrected chi connectivity index (χ1v) is 9.69. The van der Waals surface area contributed by atoms with E-state index in [2.05, 4.69) is 35.8 Å². The molecule has 0 aliphatic carbocycles. The standard InChI is InChI=1S/C19H21BrN4O3/c20-13-7-17-19(21-8-13)23-18(22-17)12-1-3-16(4-2-12)27-11-15(26)10-24-6-5-14(25)9-24/h1-4,7-8,14-15,25-26H,5-6,9-11H2,(H,21,22,23). The molecule has 1 fully saturated rings. The van der Waals surface area contributed by atoms with Gasteiger partial charge in [-0.25, -0.2) is 9.97 Å². The summed E-state index contributed by atoms with van der Waals surface area (Å²) in [5, 5.41) is 19.7. The second-order valence-corrected chi connectivity index (χ2v) is 7.71. The molecule has 1 saturated heterocycles. The monoisotopic (exact) mass is 432 g/mol. The van der Waals surface area contributed by atoms with E-state index in [-0.39, 0.29) is 12.7 Å². The third-order valence-electron chi connectivity index (χ3n) is 4.59. The van der Waals surface area contributed by atoms with Gasteiger partial charge in [-0.1, -0.05) is 0 Å². The number of nitrogens with zero attached hydrogens (tertiary/aromatic N) is 3. The number of halogens is 1. The van der Waals surface area contributed by atoms with Gasteiger partial charge in [0.1, 0.15) is 29.8 Å². The van der Waals surface area contributed by atoms with Gasteiger partial charge in [-0.2, -0.15) is 0 Å². The fraction of sp³-hybridized carbons (Fsp3) is 0.368. The Morgan fingerprint density at radius 1 is 1.33 bits per heavy atom. The Labute approximate surface area is 165 Å². The van der Waals surface area contributed by atoms with Crippen molar-refractivity contribution in [1.82, 2.24) is 19.9 Å². The van der Waals surface area contributed by atoms with Crippen LogP contribution in [0.5, 0.6) is 5.75 Å². The van der Waals surface area contributed by atoms with Crippen molar-refractivity contribution in [3.05, 3.63) is 41.0 Å². The fourth-order valence-corrected chi connectivity index (χ4v) is 3.56. The highest BCUT2D eigenvalue weighted by atomic mass is 79.9. The SMILES string of the molecule is OC1CCN(CC(O)COc2ccc(-c3nc4cc(Br)cnc4[nH]3)cc2)C1. The lowest BCUT2D eigenvalue weighted by Gasteiger charge is -2.19. The normalized spacial score (nSPS) is 18.9. The molecule has 8 heteroatoms. The highest BCUT2D eigenvalue weighted by molar-refractivity contribution is 9.10. The maximum atomic E-state index is 10.1. The van der Waals surface area contributed by atoms with E-state index in [0.29, 0.717) is 18.8 Å². The number of pyridine rings is 1. The Balaban J connectivity index is 1.35. The molecule has 2 aromatic heterocycles. The average molecular weight is 433 g/mol. The van der Waals surface area contributed by atoms with Gasteiger partial charge >= 0.3 is 0 Å². The number of aliphatic hydroxyl groups excluding tert-OH is 2. The number of rotatable bonds is 6. The molecule has 2 atom stereocenters. The van der Waals surface area contributed by atoms with Crippen LogP contribution in [0.2, 0.25) is 0 Å². The topological polar surface area (TPSA) is 94.5 Å². The van der Waals surface area contributed by atoms with Crippen LogP contribution >= 0.6 is 15.9 Å². The number of aliphatic hydroxyl groups is 2. The van der Waals surface area contributed by atoms with Crippen LogP contribution in [0.4, 0.5) is 0 Å². The summed E-state index contributed by atoms with van der Waals surface area (Å²) in [4.78, 5) is 14.1. The first kappa shape index (κ1) is 18.4. The number of aromatic nitrogens is 3. The van der Waals surface area contributed by atoms with E-state index in [1.807, 2.05) is 30.3 Å². The highest BCUT2D eigenvalue weighted by Gasteiger charge is 2.22. The lowest BCUT2D eigenvalue weighted by molar-refractivity contribution is 0.0707. The zero-order chi connectivity index (χ0) is 18.8. The van der Waals surface area contributed by atoms with Gasteiger partial charge in [-0.05, 0) is 52.7 Å². The molecule has 0 amide bonds. The molecule has 0 radical (unpaired) electrons. The molecule has 1 aliphatic rings. The van der Waals surface area contributed by atoms with Crippen molar-refractivity contribution in [3.63, 3.8) is 0 Å². The summed E-state index contributed by atoms with van der Waals surface area (Å²) in [6.07, 6.45) is 1.63. The molecule has 1 aromatic carbocycles. The molecule has 3 N–H and O–H groups in total. The van der Waals surface area contributed by atoms with E-state index >= 15 is 0 Å². The number of aromatic amines is 1. The summed E-state index contributed by atoms with van der Waals surface area (Å²) < 4.78 is 6.57. The largest absolute Gasteiger partial charge is 0.491 e. The maximum Gasteiger partial charge on any atom is 0.157 e. The van der Waals surface area contributed by atoms with Crippen LogP contribution < -0.4 is 4.74 Å². The van der Waals surface area contributed by atoms with Crippen LogP contribution in [0.1, 0.15) is 6.42 Å². The summed E-state index contributed by atoms with van der Waals surface area (Å²) in [5.74, 6) is 1.44. The van der Waals surface area contributed by atoms with Gasteiger partial charge in [0, 0.05) is 35.9 Å². The summed E-state index contributed by atoms with van der Waals surface area (Å²) in [6, 6.07) is 9.48. The zero-order valence-electron chi connectivity index (χ0n) is 14.7. The Kier molecular flexibility index (Phi) is 5.40. The van der Waals surface area contributed by atoms with Crippen molar-refractivity contribution in [1.29, 1.82) is 0 Å². The molecule has 0 saturated carbocycles. The highest BCUT2D eigenvalue weighted by Crippen LogP contribution is 2.23. The zero-order valence-corrected chi connectivity index (χ0v) is 16.3. The van der Waals surface area contributed by atoms with E-state index in [1.165, 1.54) is 0 Å². The summed E-state index contributed by atoms with van der Waals surface area (Å²) in [7, 11) is 0. The second kappa shape index (κ2) is 7.93. The van der Waals surface area contributed by atoms with E-state index in [9.17, 15) is 10.2 Å². The number of benzene rings is 1. The minimum Gasteiger partial charge on any atom is -0.491 e. The molecule has 0 spiro atoms. The quantitative estimate of drug-likeness (QED) is 0.552. The van der Waals surface area contributed by atoms with Crippen molar-refractivity contribution in [2.75, 3.05) is 26.2 Å². The minimum atomic E-state index is -0.588. The lowest BCUT2D eigenvalue weighted by Crippen LogP contribution is -2.34. The number of likely N-dealkylation sites (tertiary alicyclic amines) is 1. The third-order valence-corrected chi connectivity index (χ3v) is 5.02. The van der Waals surface area contributed by atoms with E-state index in [1.54, 1.807) is 6.20 Å². The van der Waals surface area contributed by atoms with Crippen LogP contribution in [0.25, 0.3) is 22.6 Å². The van der Waals surface area contributed by atoms with Crippen LogP contribution in [-0.4, -0.2) is 68.5 Å². The molecule has 3 heterocycles. The van der Waals surface area contributed by atoms with Gasteiger partial charge in [-0.3, -0.25) is 4.90 Å². The molecule has 27 heavy (non-hydrogen) atoms. The van der Waals surface area contributed by atoms with Crippen LogP contribution in [0.3, 0.4) is 0 Å². The number of hydrogen-bond donors (Lipinski definition) is 3. The molecular formula is C19H21BrN4O3. The third kappa shape index (κ3) is 4.47. The van der Waals surface area contributed by atoms with Gasteiger partial charge in [0.15, 0.2) is 5.65 Å². The van der Waals surface area contributed by atoms with Gasteiger partial charge < -0.3 is 19.9 Å². The number of ether oxygens (including phenoxy) is 1. The lowest BCUT2D eigenvalue weighted by atomic mass is 10.2. The van der Waals surface area contributed by atoms with Crippen molar-refractivity contribution in [2.24, 2.45) is 0 Å². The van der Waals surface area contributed by atoms with Crippen molar-refractivity contribution >= 4 is 27.1 Å². The number of nitrogens with one attached hydrogen (secondary N) is 1. The first-order chi connectivity index (χ1) is 13.1. The second-order valence-electron chi connectivity index (χ2n) is 6.80. The van der Waals surface area contributed by atoms with Gasteiger partial charge in [-0.15, -0.1) is 0 Å². The van der Waals surface area contributed by atoms with E-state index < -0.39 is 6.10 Å². The number of hydrogen-bond acceptors (Lipinski definition) is 6. The smallest absolute Gasteiger partial charge is 0.157 e. The molecule has 142 valence electrons. The van der Waals surface area contributed by atoms with Gasteiger partial charge in [0.05, 0.1) is 6.10 Å². The Hall–Kier alpha value is -2.00. The van der Waals surface area contributed by atoms with Crippen molar-refractivity contribution < 1.29 is 14.9 Å². The summed E-state index contributed by atoms with van der Waals surface area (Å²) in [5.41, 5.74) is 2.47. The predicted molar refractivity (Wildman–Crippen MR) is 106 cm³/mol. The van der Waals surface area contributed by atoms with Crippen LogP contribution in [-0.2, 0) is 0 Å². The summed E-state index contributed by atoms with van der Waals surface area (Å²) in [6.45, 7) is 2.16. The molecule has 2 unspecified atom stereocenters. The van der Waals surface area contributed by atoms with Gasteiger partial charge in [0.2, 0.25) is 0 Å². The molecule has 4 rings (SSSR count). The predicted octanol–water partition coefficient (Wildman–Crippen LogP) is 2.19. The molecule has 3 aromatic rings. The number of H-pyrrole nitrogens is 1. The Morgan fingerprint density at radius 2 is 2.15 bits per heavy atom. The maximum absolute atomic E-state index is 10.1. The number of fused-ring (bicyclic) bond motifs is 1. The van der Waals surface area contributed by atoms with Crippen LogP contribution in [0, 0.1) is 0 Å². The number of β-amino-alcohol motifs (C(OH)–C–C–N with tert-alkyl or cyclic N) is 2. The van der Waals surface area contributed by atoms with Crippen LogP contribution in [0.15, 0.2) is 41.0 Å². The van der Waals surface area contributed by atoms with E-state index in [4.69, 9.17) is 4.74 Å². The molecule has 1 aliphatic heterocycles. The molecular weight excluding hydrogens is 412 g/mol. The first-order valence-electron chi connectivity index (χ1n) is 8.90. The van der Waals surface area contributed by atoms with Crippen molar-refractivity contribution in [3.8, 4) is 17.1 Å². The number of imidazole rings is 1. The molecule has 0 bridgehead atoms. The fourth-order valence-electron chi connectivity index (χ4n) is 3.24. The Morgan fingerprint density at radius 3 is 2.89 bits per heavy atom. The Bertz CT molecular complexity index is 915. The van der Waals surface area contributed by atoms with E-state index in [0.717, 1.165) is 40.0 Å². The minimum absolute atomic E-state index is 0.217. The van der Waals surface area contributed by atoms with Gasteiger partial charge in [0.25, 0.3) is 0 Å². The molecule has 7 nitrogen and oxygen atoms in total.